The minimum absolute atomic E-state index is 0.300. The number of imide groups is 1. The smallest absolute Gasteiger partial charge is 0.265 e. The van der Waals surface area contributed by atoms with E-state index in [0.717, 1.165) is 27.8 Å². The van der Waals surface area contributed by atoms with Crippen LogP contribution in [0.1, 0.15) is 31.8 Å². The zero-order valence-electron chi connectivity index (χ0n) is 20.1. The lowest BCUT2D eigenvalue weighted by atomic mass is 9.94. The van der Waals surface area contributed by atoms with Gasteiger partial charge in [0.25, 0.3) is 11.8 Å². The van der Waals surface area contributed by atoms with Crippen molar-refractivity contribution in [3.05, 3.63) is 131 Å². The fourth-order valence-corrected chi connectivity index (χ4v) is 4.85. The summed E-state index contributed by atoms with van der Waals surface area (Å²) in [4.78, 5) is 30.3. The number of aryl methyl sites for hydroxylation is 2. The quantitative estimate of drug-likeness (QED) is 0.253. The van der Waals surface area contributed by atoms with Gasteiger partial charge in [0.1, 0.15) is 0 Å². The lowest BCUT2D eigenvalue weighted by Gasteiger charge is -2.29. The maximum Gasteiger partial charge on any atom is 0.265 e. The van der Waals surface area contributed by atoms with E-state index in [4.69, 9.17) is 0 Å². The van der Waals surface area contributed by atoms with Gasteiger partial charge in [-0.25, -0.2) is 4.90 Å². The minimum atomic E-state index is -0.300. The molecule has 0 fully saturated rings. The van der Waals surface area contributed by atoms with Crippen LogP contribution >= 0.6 is 0 Å². The molecule has 0 atom stereocenters. The van der Waals surface area contributed by atoms with Crippen molar-refractivity contribution in [2.24, 2.45) is 0 Å². The molecule has 0 spiro atoms. The van der Waals surface area contributed by atoms with Gasteiger partial charge in [0.15, 0.2) is 0 Å². The Kier molecular flexibility index (Phi) is 5.15. The van der Waals surface area contributed by atoms with Crippen LogP contribution in [-0.4, -0.2) is 11.8 Å². The summed E-state index contributed by atoms with van der Waals surface area (Å²) in [5.41, 5.74) is 7.02. The SMILES string of the molecule is Cc1ccc(N(c2ccc(C)cc2)c2ccc(N3C(=O)c4cccc5cccc(c45)C3=O)cc2)cc1. The van der Waals surface area contributed by atoms with Crippen LogP contribution in [0, 0.1) is 13.8 Å². The van der Waals surface area contributed by atoms with Crippen LogP contribution in [0.3, 0.4) is 0 Å². The Morgan fingerprint density at radius 2 is 0.944 bits per heavy atom. The third-order valence-corrected chi connectivity index (χ3v) is 6.72. The third-order valence-electron chi connectivity index (χ3n) is 6.72. The molecule has 1 heterocycles. The molecular formula is C32H24N2O2. The van der Waals surface area contributed by atoms with Crippen molar-refractivity contribution in [3.8, 4) is 0 Å². The maximum absolute atomic E-state index is 13.4. The summed E-state index contributed by atoms with van der Waals surface area (Å²) in [5, 5.41) is 1.63. The second kappa shape index (κ2) is 8.51. The Balaban J connectivity index is 1.41. The lowest BCUT2D eigenvalue weighted by molar-refractivity contribution is 0.0893. The Bertz CT molecular complexity index is 1520. The molecule has 0 unspecified atom stereocenters. The Morgan fingerprint density at radius 1 is 0.528 bits per heavy atom. The van der Waals surface area contributed by atoms with E-state index >= 15 is 0 Å². The largest absolute Gasteiger partial charge is 0.311 e. The molecule has 0 aromatic heterocycles. The molecule has 36 heavy (non-hydrogen) atoms. The van der Waals surface area contributed by atoms with E-state index in [1.54, 1.807) is 12.1 Å². The molecule has 1 aliphatic heterocycles. The Morgan fingerprint density at radius 3 is 1.39 bits per heavy atom. The molecule has 5 aromatic carbocycles. The highest BCUT2D eigenvalue weighted by Gasteiger charge is 2.33. The van der Waals surface area contributed by atoms with Crippen molar-refractivity contribution >= 4 is 45.3 Å². The number of hydrogen-bond acceptors (Lipinski definition) is 3. The van der Waals surface area contributed by atoms with Crippen molar-refractivity contribution in [2.45, 2.75) is 13.8 Å². The molecule has 0 saturated heterocycles. The molecule has 6 rings (SSSR count). The van der Waals surface area contributed by atoms with Gasteiger partial charge in [-0.2, -0.15) is 0 Å². The maximum atomic E-state index is 13.4. The fraction of sp³-hybridized carbons (Fsp3) is 0.0625. The number of rotatable bonds is 4. The first kappa shape index (κ1) is 21.8. The molecule has 174 valence electrons. The second-order valence-corrected chi connectivity index (χ2v) is 9.18. The van der Waals surface area contributed by atoms with Gasteiger partial charge in [-0.05, 0) is 79.9 Å². The molecule has 0 radical (unpaired) electrons. The van der Waals surface area contributed by atoms with Crippen molar-refractivity contribution in [2.75, 3.05) is 9.80 Å². The zero-order valence-corrected chi connectivity index (χ0v) is 20.1. The number of benzene rings is 5. The molecule has 4 heteroatoms. The molecule has 1 aliphatic rings. The Labute approximate surface area is 210 Å². The van der Waals surface area contributed by atoms with Gasteiger partial charge in [0.05, 0.1) is 5.69 Å². The second-order valence-electron chi connectivity index (χ2n) is 9.18. The van der Waals surface area contributed by atoms with E-state index < -0.39 is 0 Å². The number of carbonyl (C=O) groups excluding carboxylic acids is 2. The van der Waals surface area contributed by atoms with Crippen LogP contribution in [0.15, 0.2) is 109 Å². The summed E-state index contributed by atoms with van der Waals surface area (Å²) in [6.45, 7) is 4.14. The van der Waals surface area contributed by atoms with Crippen LogP contribution in [-0.2, 0) is 0 Å². The van der Waals surface area contributed by atoms with Crippen LogP contribution in [0.5, 0.6) is 0 Å². The van der Waals surface area contributed by atoms with Crippen molar-refractivity contribution in [1.29, 1.82) is 0 Å². The van der Waals surface area contributed by atoms with Crippen molar-refractivity contribution in [3.63, 3.8) is 0 Å². The number of amides is 2. The van der Waals surface area contributed by atoms with Crippen LogP contribution in [0.2, 0.25) is 0 Å². The van der Waals surface area contributed by atoms with Gasteiger partial charge in [0.2, 0.25) is 0 Å². The third kappa shape index (κ3) is 3.55. The van der Waals surface area contributed by atoms with E-state index in [2.05, 4.69) is 67.3 Å². The number of anilines is 4. The molecule has 0 aliphatic carbocycles. The number of hydrogen-bond donors (Lipinski definition) is 0. The van der Waals surface area contributed by atoms with Crippen LogP contribution < -0.4 is 9.80 Å². The Hall–Kier alpha value is -4.70. The fourth-order valence-electron chi connectivity index (χ4n) is 4.85. The van der Waals surface area contributed by atoms with Crippen molar-refractivity contribution in [1.82, 2.24) is 0 Å². The van der Waals surface area contributed by atoms with Crippen molar-refractivity contribution < 1.29 is 9.59 Å². The van der Waals surface area contributed by atoms with Crippen LogP contribution in [0.25, 0.3) is 10.8 Å². The van der Waals surface area contributed by atoms with E-state index in [-0.39, 0.29) is 11.8 Å². The minimum Gasteiger partial charge on any atom is -0.311 e. The highest BCUT2D eigenvalue weighted by molar-refractivity contribution is 6.35. The normalized spacial score (nSPS) is 12.8. The molecule has 0 saturated carbocycles. The van der Waals surface area contributed by atoms with Gasteiger partial charge >= 0.3 is 0 Å². The summed E-state index contributed by atoms with van der Waals surface area (Å²) in [6, 6.07) is 35.5. The summed E-state index contributed by atoms with van der Waals surface area (Å²) in [5.74, 6) is -0.600. The molecule has 0 N–H and O–H groups in total. The van der Waals surface area contributed by atoms with E-state index in [9.17, 15) is 9.59 Å². The van der Waals surface area contributed by atoms with Gasteiger partial charge in [-0.15, -0.1) is 0 Å². The van der Waals surface area contributed by atoms with Gasteiger partial charge in [0, 0.05) is 33.6 Å². The summed E-state index contributed by atoms with van der Waals surface area (Å²) >= 11 is 0. The van der Waals surface area contributed by atoms with E-state index in [0.29, 0.717) is 16.8 Å². The first-order valence-corrected chi connectivity index (χ1v) is 12.0. The number of nitrogens with zero attached hydrogens (tertiary/aromatic N) is 2. The molecule has 2 amide bonds. The average molecular weight is 469 g/mol. The number of carbonyl (C=O) groups is 2. The predicted octanol–water partition coefficient (Wildman–Crippen LogP) is 7.73. The van der Waals surface area contributed by atoms with Gasteiger partial charge in [-0.3, -0.25) is 9.59 Å². The topological polar surface area (TPSA) is 40.6 Å². The molecule has 4 nitrogen and oxygen atoms in total. The zero-order chi connectivity index (χ0) is 24.8. The summed E-state index contributed by atoms with van der Waals surface area (Å²) in [7, 11) is 0. The standard InChI is InChI=1S/C32H24N2O2/c1-21-9-13-24(14-10-21)33(25-15-11-22(2)12-16-25)26-17-19-27(20-18-26)34-31(35)28-7-3-5-23-6-4-8-29(30(23)28)32(34)36/h3-20H,1-2H3. The first-order valence-electron chi connectivity index (χ1n) is 12.0. The summed E-state index contributed by atoms with van der Waals surface area (Å²) < 4.78 is 0. The highest BCUT2D eigenvalue weighted by Crippen LogP contribution is 2.37. The van der Waals surface area contributed by atoms with Gasteiger partial charge in [-0.1, -0.05) is 59.7 Å². The highest BCUT2D eigenvalue weighted by atomic mass is 16.2. The molecule has 0 bridgehead atoms. The molecular weight excluding hydrogens is 444 g/mol. The average Bonchev–Trinajstić information content (AvgIpc) is 2.90. The van der Waals surface area contributed by atoms with Crippen LogP contribution in [0.4, 0.5) is 22.7 Å². The first-order chi connectivity index (χ1) is 17.5. The monoisotopic (exact) mass is 468 g/mol. The molecule has 5 aromatic rings. The summed E-state index contributed by atoms with van der Waals surface area (Å²) in [6.07, 6.45) is 0. The lowest BCUT2D eigenvalue weighted by Crippen LogP contribution is -2.40. The van der Waals surface area contributed by atoms with E-state index in [1.807, 2.05) is 48.5 Å². The predicted molar refractivity (Wildman–Crippen MR) is 146 cm³/mol. The van der Waals surface area contributed by atoms with E-state index in [1.165, 1.54) is 16.0 Å². The van der Waals surface area contributed by atoms with Gasteiger partial charge < -0.3 is 4.90 Å².